The van der Waals surface area contributed by atoms with Crippen LogP contribution in [0.4, 0.5) is 4.39 Å². The largest absolute Gasteiger partial charge is 0.486 e. The Balaban J connectivity index is 1.99. The van der Waals surface area contributed by atoms with Crippen LogP contribution in [0.1, 0.15) is 32.1 Å². The summed E-state index contributed by atoms with van der Waals surface area (Å²) >= 11 is 0. The van der Waals surface area contributed by atoms with Gasteiger partial charge in [0, 0.05) is 6.20 Å². The van der Waals surface area contributed by atoms with Crippen LogP contribution in [0.2, 0.25) is 0 Å². The number of hydrogen-bond acceptors (Lipinski definition) is 2. The van der Waals surface area contributed by atoms with Gasteiger partial charge in [0.1, 0.15) is 0 Å². The summed E-state index contributed by atoms with van der Waals surface area (Å²) in [6.07, 6.45) is 7.34. The molecule has 0 atom stereocenters. The highest BCUT2D eigenvalue weighted by Crippen LogP contribution is 2.23. The first-order valence-electron chi connectivity index (χ1n) is 5.13. The lowest BCUT2D eigenvalue weighted by Crippen LogP contribution is -2.20. The molecule has 0 aliphatic heterocycles. The lowest BCUT2D eigenvalue weighted by molar-refractivity contribution is 0.147. The Morgan fingerprint density at radius 3 is 2.79 bits per heavy atom. The molecule has 1 aromatic rings. The van der Waals surface area contributed by atoms with Gasteiger partial charge in [0.15, 0.2) is 5.75 Å². The molecule has 0 spiro atoms. The third kappa shape index (κ3) is 2.22. The van der Waals surface area contributed by atoms with E-state index < -0.39 is 5.95 Å². The van der Waals surface area contributed by atoms with Gasteiger partial charge in [-0.1, -0.05) is 6.42 Å². The van der Waals surface area contributed by atoms with Gasteiger partial charge in [-0.25, -0.2) is 4.98 Å². The molecule has 1 aliphatic carbocycles. The fourth-order valence-corrected chi connectivity index (χ4v) is 1.82. The molecule has 1 saturated carbocycles. The van der Waals surface area contributed by atoms with Crippen LogP contribution in [0.25, 0.3) is 0 Å². The Kier molecular flexibility index (Phi) is 2.96. The molecule has 1 fully saturated rings. The summed E-state index contributed by atoms with van der Waals surface area (Å²) in [4.78, 5) is 3.55. The molecule has 14 heavy (non-hydrogen) atoms. The van der Waals surface area contributed by atoms with E-state index in [1.54, 1.807) is 12.1 Å². The molecule has 2 rings (SSSR count). The Labute approximate surface area is 83.1 Å². The molecule has 76 valence electrons. The first-order valence-corrected chi connectivity index (χ1v) is 5.13. The number of rotatable bonds is 2. The van der Waals surface area contributed by atoms with Gasteiger partial charge in [-0.15, -0.1) is 0 Å². The second-order valence-corrected chi connectivity index (χ2v) is 3.67. The van der Waals surface area contributed by atoms with Crippen molar-refractivity contribution in [3.05, 3.63) is 24.3 Å². The molecule has 1 aliphatic rings. The molecule has 1 aromatic heterocycles. The number of halogens is 1. The van der Waals surface area contributed by atoms with Gasteiger partial charge in [0.2, 0.25) is 0 Å². The van der Waals surface area contributed by atoms with Crippen molar-refractivity contribution in [3.63, 3.8) is 0 Å². The first-order chi connectivity index (χ1) is 6.86. The SMILES string of the molecule is Fc1ncccc1OC1CCCCC1. The number of pyridine rings is 1. The molecule has 3 heteroatoms. The predicted octanol–water partition coefficient (Wildman–Crippen LogP) is 2.93. The van der Waals surface area contributed by atoms with Crippen LogP contribution in [0.3, 0.4) is 0 Å². The van der Waals surface area contributed by atoms with Crippen LogP contribution in [0, 0.1) is 5.95 Å². The number of aromatic nitrogens is 1. The van der Waals surface area contributed by atoms with Crippen LogP contribution < -0.4 is 4.74 Å². The standard InChI is InChI=1S/C11H14FNO/c12-11-10(7-4-8-13-11)14-9-5-2-1-3-6-9/h4,7-9H,1-3,5-6H2. The summed E-state index contributed by atoms with van der Waals surface area (Å²) in [6, 6.07) is 3.33. The summed E-state index contributed by atoms with van der Waals surface area (Å²) in [5, 5.41) is 0. The summed E-state index contributed by atoms with van der Waals surface area (Å²) in [5.74, 6) is -0.211. The molecule has 0 aromatic carbocycles. The van der Waals surface area contributed by atoms with Gasteiger partial charge >= 0.3 is 0 Å². The maximum absolute atomic E-state index is 13.1. The second-order valence-electron chi connectivity index (χ2n) is 3.67. The normalized spacial score (nSPS) is 18.1. The van der Waals surface area contributed by atoms with E-state index in [2.05, 4.69) is 4.98 Å². The van der Waals surface area contributed by atoms with Gasteiger partial charge in [0.25, 0.3) is 5.95 Å². The maximum atomic E-state index is 13.1. The fraction of sp³-hybridized carbons (Fsp3) is 0.545. The van der Waals surface area contributed by atoms with Crippen LogP contribution in [0.5, 0.6) is 5.75 Å². The van der Waals surface area contributed by atoms with E-state index in [1.165, 1.54) is 25.5 Å². The van der Waals surface area contributed by atoms with Crippen LogP contribution in [-0.2, 0) is 0 Å². The predicted molar refractivity (Wildman–Crippen MR) is 51.7 cm³/mol. The summed E-state index contributed by atoms with van der Waals surface area (Å²) in [7, 11) is 0. The summed E-state index contributed by atoms with van der Waals surface area (Å²) in [6.45, 7) is 0. The average Bonchev–Trinajstić information content (AvgIpc) is 2.23. The maximum Gasteiger partial charge on any atom is 0.255 e. The summed E-state index contributed by atoms with van der Waals surface area (Å²) in [5.41, 5.74) is 0. The van der Waals surface area contributed by atoms with Gasteiger partial charge in [-0.2, -0.15) is 4.39 Å². The van der Waals surface area contributed by atoms with Crippen molar-refractivity contribution in [2.45, 2.75) is 38.2 Å². The van der Waals surface area contributed by atoms with Gasteiger partial charge < -0.3 is 4.74 Å². The lowest BCUT2D eigenvalue weighted by Gasteiger charge is -2.22. The molecule has 0 saturated heterocycles. The third-order valence-electron chi connectivity index (χ3n) is 2.57. The van der Waals surface area contributed by atoms with Crippen molar-refractivity contribution >= 4 is 0 Å². The van der Waals surface area contributed by atoms with Crippen LogP contribution >= 0.6 is 0 Å². The minimum atomic E-state index is -0.502. The third-order valence-corrected chi connectivity index (χ3v) is 2.57. The zero-order valence-corrected chi connectivity index (χ0v) is 8.08. The van der Waals surface area contributed by atoms with E-state index in [0.717, 1.165) is 12.8 Å². The van der Waals surface area contributed by atoms with Gasteiger partial charge in [-0.05, 0) is 37.8 Å². The van der Waals surface area contributed by atoms with Crippen molar-refractivity contribution in [2.75, 3.05) is 0 Å². The number of ether oxygens (including phenoxy) is 1. The zero-order valence-electron chi connectivity index (χ0n) is 8.08. The summed E-state index contributed by atoms with van der Waals surface area (Å²) < 4.78 is 18.7. The van der Waals surface area contributed by atoms with E-state index in [9.17, 15) is 4.39 Å². The highest BCUT2D eigenvalue weighted by Gasteiger charge is 2.16. The highest BCUT2D eigenvalue weighted by molar-refractivity contribution is 5.18. The number of nitrogens with zero attached hydrogens (tertiary/aromatic N) is 1. The second kappa shape index (κ2) is 4.40. The smallest absolute Gasteiger partial charge is 0.255 e. The molecular formula is C11H14FNO. The van der Waals surface area contributed by atoms with E-state index in [4.69, 9.17) is 4.74 Å². The van der Waals surface area contributed by atoms with Crippen LogP contribution in [-0.4, -0.2) is 11.1 Å². The van der Waals surface area contributed by atoms with Crippen molar-refractivity contribution < 1.29 is 9.13 Å². The quantitative estimate of drug-likeness (QED) is 0.677. The van der Waals surface area contributed by atoms with Crippen molar-refractivity contribution in [3.8, 4) is 5.75 Å². The topological polar surface area (TPSA) is 22.1 Å². The van der Waals surface area contributed by atoms with E-state index in [1.807, 2.05) is 0 Å². The first kappa shape index (κ1) is 9.44. The average molecular weight is 195 g/mol. The molecule has 0 amide bonds. The molecule has 0 radical (unpaired) electrons. The van der Waals surface area contributed by atoms with Crippen molar-refractivity contribution in [1.82, 2.24) is 4.98 Å². The lowest BCUT2D eigenvalue weighted by atomic mass is 9.98. The molecular weight excluding hydrogens is 181 g/mol. The number of hydrogen-bond donors (Lipinski definition) is 0. The monoisotopic (exact) mass is 195 g/mol. The van der Waals surface area contributed by atoms with E-state index in [0.29, 0.717) is 5.75 Å². The van der Waals surface area contributed by atoms with Gasteiger partial charge in [0.05, 0.1) is 6.10 Å². The minimum absolute atomic E-state index is 0.183. The molecule has 0 N–H and O–H groups in total. The molecule has 1 heterocycles. The Morgan fingerprint density at radius 1 is 1.29 bits per heavy atom. The van der Waals surface area contributed by atoms with E-state index >= 15 is 0 Å². The van der Waals surface area contributed by atoms with Gasteiger partial charge in [-0.3, -0.25) is 0 Å². The van der Waals surface area contributed by atoms with Crippen LogP contribution in [0.15, 0.2) is 18.3 Å². The fourth-order valence-electron chi connectivity index (χ4n) is 1.82. The minimum Gasteiger partial charge on any atom is -0.486 e. The Hall–Kier alpha value is -1.12. The van der Waals surface area contributed by atoms with E-state index in [-0.39, 0.29) is 6.10 Å². The Bertz CT molecular complexity index is 297. The van der Waals surface area contributed by atoms with Crippen molar-refractivity contribution in [1.29, 1.82) is 0 Å². The molecule has 2 nitrogen and oxygen atoms in total. The van der Waals surface area contributed by atoms with Crippen molar-refractivity contribution in [2.24, 2.45) is 0 Å². The zero-order chi connectivity index (χ0) is 9.80. The molecule has 0 bridgehead atoms. The molecule has 0 unspecified atom stereocenters. The Morgan fingerprint density at radius 2 is 2.07 bits per heavy atom. The highest BCUT2D eigenvalue weighted by atomic mass is 19.1.